The number of nitrogens with two attached hydrogens (primary N) is 1. The first kappa shape index (κ1) is 24.8. The number of amides is 2. The van der Waals surface area contributed by atoms with Gasteiger partial charge in [0.2, 0.25) is 5.91 Å². The second kappa shape index (κ2) is 10.0. The van der Waals surface area contributed by atoms with Crippen molar-refractivity contribution in [3.8, 4) is 0 Å². The molecule has 1 atom stereocenters. The number of rotatable bonds is 9. The van der Waals surface area contributed by atoms with Crippen LogP contribution in [0.5, 0.6) is 0 Å². The van der Waals surface area contributed by atoms with Crippen LogP contribution in [0.1, 0.15) is 36.2 Å². The monoisotopic (exact) mass is 477 g/mol. The number of sulfone groups is 1. The predicted octanol–water partition coefficient (Wildman–Crippen LogP) is 0.0252. The van der Waals surface area contributed by atoms with Crippen LogP contribution in [0.3, 0.4) is 0 Å². The quantitative estimate of drug-likeness (QED) is 0.538. The van der Waals surface area contributed by atoms with Crippen molar-refractivity contribution < 1.29 is 18.0 Å². The lowest BCUT2D eigenvalue weighted by molar-refractivity contribution is -0.131. The summed E-state index contributed by atoms with van der Waals surface area (Å²) in [6.45, 7) is 6.26. The zero-order valence-electron chi connectivity index (χ0n) is 19.3. The standard InChI is InChI=1S/C22H31N5O5S/c1-4-26(5-2)19(28)14-27-21-17(12-18(20(23)29)22(27)30)15(6-9-24-21)7-10-25-11-8-16(13-25)33(3,31)32/h6,9,12,16H,4-5,7-8,10-11,13-14H2,1-3H3,(H2,23,29). The van der Waals surface area contributed by atoms with Gasteiger partial charge in [-0.25, -0.2) is 13.4 Å². The van der Waals surface area contributed by atoms with Gasteiger partial charge >= 0.3 is 0 Å². The van der Waals surface area contributed by atoms with E-state index < -0.39 is 21.3 Å². The number of likely N-dealkylation sites (N-methyl/N-ethyl adjacent to an activating group) is 1. The first-order chi connectivity index (χ1) is 15.6. The molecule has 0 radical (unpaired) electrons. The number of primary amides is 1. The van der Waals surface area contributed by atoms with Crippen LogP contribution in [0.15, 0.2) is 23.1 Å². The number of likely N-dealkylation sites (tertiary alicyclic amines) is 1. The van der Waals surface area contributed by atoms with Gasteiger partial charge < -0.3 is 15.5 Å². The molecule has 2 aromatic rings. The molecule has 2 N–H and O–H groups in total. The molecule has 11 heteroatoms. The number of aromatic nitrogens is 2. The lowest BCUT2D eigenvalue weighted by Gasteiger charge is -2.20. The third-order valence-corrected chi connectivity index (χ3v) is 7.88. The van der Waals surface area contributed by atoms with Gasteiger partial charge in [0.1, 0.15) is 17.8 Å². The number of carbonyl (C=O) groups is 2. The Bertz CT molecular complexity index is 1220. The predicted molar refractivity (Wildman–Crippen MR) is 126 cm³/mol. The highest BCUT2D eigenvalue weighted by Gasteiger charge is 2.29. The van der Waals surface area contributed by atoms with Crippen LogP contribution in [0.2, 0.25) is 0 Å². The Morgan fingerprint density at radius 3 is 2.55 bits per heavy atom. The number of carbonyl (C=O) groups excluding carboxylic acids is 2. The van der Waals surface area contributed by atoms with Crippen molar-refractivity contribution in [1.29, 1.82) is 0 Å². The summed E-state index contributed by atoms with van der Waals surface area (Å²) >= 11 is 0. The molecule has 0 spiro atoms. The second-order valence-electron chi connectivity index (χ2n) is 8.38. The number of pyridine rings is 2. The van der Waals surface area contributed by atoms with E-state index in [0.717, 1.165) is 5.56 Å². The van der Waals surface area contributed by atoms with E-state index in [1.54, 1.807) is 17.2 Å². The molecule has 180 valence electrons. The van der Waals surface area contributed by atoms with Crippen LogP contribution in [0.25, 0.3) is 11.0 Å². The van der Waals surface area contributed by atoms with Crippen molar-refractivity contribution in [2.75, 3.05) is 39.0 Å². The maximum Gasteiger partial charge on any atom is 0.265 e. The van der Waals surface area contributed by atoms with Crippen LogP contribution in [0, 0.1) is 0 Å². The summed E-state index contributed by atoms with van der Waals surface area (Å²) in [5, 5.41) is 0.224. The molecule has 0 saturated carbocycles. The first-order valence-corrected chi connectivity index (χ1v) is 13.0. The topological polar surface area (TPSA) is 136 Å². The van der Waals surface area contributed by atoms with E-state index in [0.29, 0.717) is 56.6 Å². The van der Waals surface area contributed by atoms with E-state index in [1.807, 2.05) is 13.8 Å². The fraction of sp³-hybridized carbons (Fsp3) is 0.545. The largest absolute Gasteiger partial charge is 0.365 e. The van der Waals surface area contributed by atoms with Crippen molar-refractivity contribution in [3.05, 3.63) is 39.8 Å². The smallest absolute Gasteiger partial charge is 0.265 e. The minimum atomic E-state index is -3.08. The lowest BCUT2D eigenvalue weighted by Crippen LogP contribution is -2.38. The van der Waals surface area contributed by atoms with E-state index in [2.05, 4.69) is 9.88 Å². The SMILES string of the molecule is CCN(CC)C(=O)Cn1c(=O)c(C(N)=O)cc2c(CCN3CCC(S(C)(=O)=O)C3)ccnc21. The lowest BCUT2D eigenvalue weighted by atomic mass is 10.1. The minimum Gasteiger partial charge on any atom is -0.365 e. The number of hydrogen-bond acceptors (Lipinski definition) is 7. The summed E-state index contributed by atoms with van der Waals surface area (Å²) < 4.78 is 24.9. The molecular formula is C22H31N5O5S. The zero-order chi connectivity index (χ0) is 24.3. The van der Waals surface area contributed by atoms with E-state index in [-0.39, 0.29) is 23.3 Å². The van der Waals surface area contributed by atoms with Crippen LogP contribution >= 0.6 is 0 Å². The fourth-order valence-corrected chi connectivity index (χ4v) is 5.32. The van der Waals surface area contributed by atoms with E-state index in [9.17, 15) is 22.8 Å². The molecule has 33 heavy (non-hydrogen) atoms. The molecule has 2 aromatic heterocycles. The van der Waals surface area contributed by atoms with Gasteiger partial charge in [-0.3, -0.25) is 19.0 Å². The van der Waals surface area contributed by atoms with E-state index in [1.165, 1.54) is 16.9 Å². The van der Waals surface area contributed by atoms with Gasteiger partial charge in [-0.1, -0.05) is 0 Å². The first-order valence-electron chi connectivity index (χ1n) is 11.1. The van der Waals surface area contributed by atoms with E-state index in [4.69, 9.17) is 5.73 Å². The molecule has 3 heterocycles. The second-order valence-corrected chi connectivity index (χ2v) is 10.7. The highest BCUT2D eigenvalue weighted by atomic mass is 32.2. The van der Waals surface area contributed by atoms with Crippen LogP contribution in [0.4, 0.5) is 0 Å². The summed E-state index contributed by atoms with van der Waals surface area (Å²) in [4.78, 5) is 45.7. The summed E-state index contributed by atoms with van der Waals surface area (Å²) in [6, 6.07) is 3.25. The van der Waals surface area contributed by atoms with Gasteiger partial charge in [-0.15, -0.1) is 0 Å². The van der Waals surface area contributed by atoms with Crippen LogP contribution in [-0.2, 0) is 27.6 Å². The highest BCUT2D eigenvalue weighted by molar-refractivity contribution is 7.91. The molecule has 10 nitrogen and oxygen atoms in total. The molecular weight excluding hydrogens is 446 g/mol. The van der Waals surface area contributed by atoms with Gasteiger partial charge in [0.15, 0.2) is 9.84 Å². The summed E-state index contributed by atoms with van der Waals surface area (Å²) in [5.41, 5.74) is 5.79. The molecule has 0 bridgehead atoms. The molecule has 2 amide bonds. The molecule has 1 aliphatic rings. The molecule has 1 saturated heterocycles. The maximum atomic E-state index is 13.0. The van der Waals surface area contributed by atoms with Crippen LogP contribution < -0.4 is 11.3 Å². The van der Waals surface area contributed by atoms with Crippen molar-refractivity contribution >= 4 is 32.7 Å². The average molecular weight is 478 g/mol. The molecule has 0 aliphatic carbocycles. The van der Waals surface area contributed by atoms with Crippen molar-refractivity contribution in [1.82, 2.24) is 19.4 Å². The Morgan fingerprint density at radius 1 is 1.27 bits per heavy atom. The fourth-order valence-electron chi connectivity index (χ4n) is 4.30. The van der Waals surface area contributed by atoms with Gasteiger partial charge in [-0.2, -0.15) is 0 Å². The average Bonchev–Trinajstić information content (AvgIpc) is 3.24. The van der Waals surface area contributed by atoms with Crippen molar-refractivity contribution in [2.45, 2.75) is 38.5 Å². The normalized spacial score (nSPS) is 16.9. The number of fused-ring (bicyclic) bond motifs is 1. The summed E-state index contributed by atoms with van der Waals surface area (Å²) in [7, 11) is -3.08. The van der Waals surface area contributed by atoms with Crippen molar-refractivity contribution in [3.63, 3.8) is 0 Å². The third kappa shape index (κ3) is 5.41. The summed E-state index contributed by atoms with van der Waals surface area (Å²) in [5.74, 6) is -1.11. The number of hydrogen-bond donors (Lipinski definition) is 1. The third-order valence-electron chi connectivity index (χ3n) is 6.29. The van der Waals surface area contributed by atoms with Gasteiger partial charge in [0, 0.05) is 44.0 Å². The minimum absolute atomic E-state index is 0.192. The molecule has 1 unspecified atom stereocenters. The Balaban J connectivity index is 1.96. The van der Waals surface area contributed by atoms with Crippen LogP contribution in [-0.4, -0.2) is 83.8 Å². The maximum absolute atomic E-state index is 13.0. The Kier molecular flexibility index (Phi) is 7.53. The molecule has 3 rings (SSSR count). The molecule has 1 aliphatic heterocycles. The van der Waals surface area contributed by atoms with Gasteiger partial charge in [0.25, 0.3) is 11.5 Å². The number of nitrogens with zero attached hydrogens (tertiary/aromatic N) is 4. The molecule has 0 aromatic carbocycles. The van der Waals surface area contributed by atoms with E-state index >= 15 is 0 Å². The Morgan fingerprint density at radius 2 is 1.97 bits per heavy atom. The highest BCUT2D eigenvalue weighted by Crippen LogP contribution is 2.20. The Labute approximate surface area is 193 Å². The van der Waals surface area contributed by atoms with Crippen molar-refractivity contribution in [2.24, 2.45) is 5.73 Å². The zero-order valence-corrected chi connectivity index (χ0v) is 20.1. The van der Waals surface area contributed by atoms with Gasteiger partial charge in [0.05, 0.1) is 5.25 Å². The Hall–Kier alpha value is -2.79. The summed E-state index contributed by atoms with van der Waals surface area (Å²) in [6.07, 6.45) is 4.01. The molecule has 1 fully saturated rings. The van der Waals surface area contributed by atoms with Gasteiger partial charge in [-0.05, 0) is 50.9 Å².